The van der Waals surface area contributed by atoms with Crippen molar-refractivity contribution in [1.82, 2.24) is 0 Å². The number of carbonyl (C=O) groups is 1. The number of hydrogen-bond acceptors (Lipinski definition) is 2. The summed E-state index contributed by atoms with van der Waals surface area (Å²) in [5.74, 6) is -2.63. The largest absolute Gasteiger partial charge is 0.423 e. The highest BCUT2D eigenvalue weighted by atomic mass is 19.2. The Morgan fingerprint density at radius 3 is 2.36 bits per heavy atom. The Bertz CT molecular complexity index is 636. The van der Waals surface area contributed by atoms with E-state index in [-0.39, 0.29) is 5.75 Å². The number of carbonyl (C=O) groups excluding carboxylic acids is 1. The van der Waals surface area contributed by atoms with Crippen molar-refractivity contribution in [2.24, 2.45) is 0 Å². The van der Waals surface area contributed by atoms with Crippen molar-refractivity contribution < 1.29 is 18.3 Å². The summed E-state index contributed by atoms with van der Waals surface area (Å²) in [6.07, 6.45) is 4.44. The van der Waals surface area contributed by atoms with Crippen LogP contribution >= 0.6 is 0 Å². The fourth-order valence-electron chi connectivity index (χ4n) is 2.09. The molecule has 0 aromatic heterocycles. The molecule has 0 saturated carbocycles. The summed E-state index contributed by atoms with van der Waals surface area (Å²) in [5, 5.41) is 0. The third kappa shape index (κ3) is 4.38. The summed E-state index contributed by atoms with van der Waals surface area (Å²) < 4.78 is 30.9. The summed E-state index contributed by atoms with van der Waals surface area (Å²) in [5.41, 5.74) is 1.54. The van der Waals surface area contributed by atoms with Crippen molar-refractivity contribution >= 4 is 5.97 Å². The fourth-order valence-corrected chi connectivity index (χ4v) is 2.09. The van der Waals surface area contributed by atoms with Gasteiger partial charge in [0.25, 0.3) is 0 Å². The Morgan fingerprint density at radius 1 is 1.00 bits per heavy atom. The van der Waals surface area contributed by atoms with Gasteiger partial charge in [0.1, 0.15) is 5.75 Å². The zero-order chi connectivity index (χ0) is 15.9. The highest BCUT2D eigenvalue weighted by Crippen LogP contribution is 2.17. The first-order valence-corrected chi connectivity index (χ1v) is 7.36. The van der Waals surface area contributed by atoms with E-state index in [0.29, 0.717) is 5.56 Å². The second-order valence-electron chi connectivity index (χ2n) is 5.12. The van der Waals surface area contributed by atoms with Gasteiger partial charge in [-0.3, -0.25) is 0 Å². The van der Waals surface area contributed by atoms with Gasteiger partial charge in [0.2, 0.25) is 0 Å². The molecule has 2 aromatic carbocycles. The van der Waals surface area contributed by atoms with Crippen LogP contribution in [0.4, 0.5) is 8.78 Å². The van der Waals surface area contributed by atoms with E-state index in [1.807, 2.05) is 12.1 Å². The molecule has 2 rings (SSSR count). The van der Waals surface area contributed by atoms with Crippen LogP contribution < -0.4 is 4.74 Å². The standard InChI is InChI=1S/C18H18F2O2/c1-2-3-4-5-13-6-8-14(9-7-13)18(21)22-15-10-11-16(19)17(20)12-15/h6-12H,2-5H2,1H3. The fraction of sp³-hybridized carbons (Fsp3) is 0.278. The minimum Gasteiger partial charge on any atom is -0.423 e. The highest BCUT2D eigenvalue weighted by molar-refractivity contribution is 5.91. The maximum Gasteiger partial charge on any atom is 0.343 e. The van der Waals surface area contributed by atoms with E-state index in [0.717, 1.165) is 30.5 Å². The molecule has 4 heteroatoms. The molecule has 22 heavy (non-hydrogen) atoms. The van der Waals surface area contributed by atoms with Crippen LogP contribution in [0.1, 0.15) is 42.1 Å². The lowest BCUT2D eigenvalue weighted by Crippen LogP contribution is -2.08. The Hall–Kier alpha value is -2.23. The molecule has 116 valence electrons. The number of aryl methyl sites for hydroxylation is 1. The molecule has 0 radical (unpaired) electrons. The molecular formula is C18H18F2O2. The first-order chi connectivity index (χ1) is 10.6. The van der Waals surface area contributed by atoms with Gasteiger partial charge in [-0.25, -0.2) is 13.6 Å². The van der Waals surface area contributed by atoms with Crippen LogP contribution in [0.3, 0.4) is 0 Å². The van der Waals surface area contributed by atoms with Gasteiger partial charge in [-0.2, -0.15) is 0 Å². The van der Waals surface area contributed by atoms with Crippen LogP contribution in [0, 0.1) is 11.6 Å². The van der Waals surface area contributed by atoms with Gasteiger partial charge >= 0.3 is 5.97 Å². The molecule has 0 atom stereocenters. The Morgan fingerprint density at radius 2 is 1.73 bits per heavy atom. The molecule has 0 heterocycles. The van der Waals surface area contributed by atoms with Crippen LogP contribution in [-0.4, -0.2) is 5.97 Å². The van der Waals surface area contributed by atoms with Crippen molar-refractivity contribution in [3.05, 3.63) is 65.2 Å². The molecule has 0 aliphatic carbocycles. The zero-order valence-electron chi connectivity index (χ0n) is 12.4. The lowest BCUT2D eigenvalue weighted by Gasteiger charge is -2.06. The first kappa shape index (κ1) is 16.1. The lowest BCUT2D eigenvalue weighted by molar-refractivity contribution is 0.0734. The minimum absolute atomic E-state index is 0.0177. The van der Waals surface area contributed by atoms with Crippen LogP contribution in [0.2, 0.25) is 0 Å². The normalized spacial score (nSPS) is 10.5. The van der Waals surface area contributed by atoms with Gasteiger partial charge in [0, 0.05) is 6.07 Å². The third-order valence-electron chi connectivity index (χ3n) is 3.36. The third-order valence-corrected chi connectivity index (χ3v) is 3.36. The molecule has 0 unspecified atom stereocenters. The number of halogens is 2. The molecular weight excluding hydrogens is 286 g/mol. The quantitative estimate of drug-likeness (QED) is 0.430. The molecule has 0 saturated heterocycles. The molecule has 2 nitrogen and oxygen atoms in total. The van der Waals surface area contributed by atoms with Crippen molar-refractivity contribution in [2.45, 2.75) is 32.6 Å². The maximum atomic E-state index is 13.1. The van der Waals surface area contributed by atoms with E-state index in [4.69, 9.17) is 4.74 Å². The number of ether oxygens (including phenoxy) is 1. The average molecular weight is 304 g/mol. The minimum atomic E-state index is -1.04. The van der Waals surface area contributed by atoms with Crippen LogP contribution in [0.15, 0.2) is 42.5 Å². The van der Waals surface area contributed by atoms with E-state index < -0.39 is 17.6 Å². The molecule has 0 spiro atoms. The monoisotopic (exact) mass is 304 g/mol. The van der Waals surface area contributed by atoms with Gasteiger partial charge < -0.3 is 4.74 Å². The predicted octanol–water partition coefficient (Wildman–Crippen LogP) is 4.92. The van der Waals surface area contributed by atoms with Crippen molar-refractivity contribution in [3.63, 3.8) is 0 Å². The lowest BCUT2D eigenvalue weighted by atomic mass is 10.1. The van der Waals surface area contributed by atoms with E-state index >= 15 is 0 Å². The van der Waals surface area contributed by atoms with Gasteiger partial charge in [-0.15, -0.1) is 0 Å². The van der Waals surface area contributed by atoms with E-state index in [9.17, 15) is 13.6 Å². The number of hydrogen-bond donors (Lipinski definition) is 0. The molecule has 0 N–H and O–H groups in total. The van der Waals surface area contributed by atoms with Crippen LogP contribution in [0.25, 0.3) is 0 Å². The van der Waals surface area contributed by atoms with Crippen molar-refractivity contribution in [1.29, 1.82) is 0 Å². The second-order valence-corrected chi connectivity index (χ2v) is 5.12. The van der Waals surface area contributed by atoms with Gasteiger partial charge in [-0.05, 0) is 42.7 Å². The van der Waals surface area contributed by atoms with E-state index in [1.54, 1.807) is 12.1 Å². The van der Waals surface area contributed by atoms with Crippen LogP contribution in [0.5, 0.6) is 5.75 Å². The second kappa shape index (κ2) is 7.69. The Balaban J connectivity index is 1.98. The SMILES string of the molecule is CCCCCc1ccc(C(=O)Oc2ccc(F)c(F)c2)cc1. The van der Waals surface area contributed by atoms with Gasteiger partial charge in [0.15, 0.2) is 11.6 Å². The number of unbranched alkanes of at least 4 members (excludes halogenated alkanes) is 2. The molecule has 2 aromatic rings. The van der Waals surface area contributed by atoms with Crippen molar-refractivity contribution in [2.75, 3.05) is 0 Å². The molecule has 0 aliphatic heterocycles. The molecule has 0 aliphatic rings. The van der Waals surface area contributed by atoms with Crippen LogP contribution in [-0.2, 0) is 6.42 Å². The number of benzene rings is 2. The predicted molar refractivity (Wildman–Crippen MR) is 81.0 cm³/mol. The van der Waals surface area contributed by atoms with E-state index in [2.05, 4.69) is 6.92 Å². The summed E-state index contributed by atoms with van der Waals surface area (Å²) >= 11 is 0. The van der Waals surface area contributed by atoms with E-state index in [1.165, 1.54) is 18.9 Å². The summed E-state index contributed by atoms with van der Waals surface area (Å²) in [4.78, 5) is 11.9. The summed E-state index contributed by atoms with van der Waals surface area (Å²) in [6, 6.07) is 10.1. The molecule has 0 bridgehead atoms. The average Bonchev–Trinajstić information content (AvgIpc) is 2.52. The number of esters is 1. The zero-order valence-corrected chi connectivity index (χ0v) is 12.4. The first-order valence-electron chi connectivity index (χ1n) is 7.36. The smallest absolute Gasteiger partial charge is 0.343 e. The Labute approximate surface area is 128 Å². The van der Waals surface area contributed by atoms with Gasteiger partial charge in [-0.1, -0.05) is 31.9 Å². The van der Waals surface area contributed by atoms with Crippen molar-refractivity contribution in [3.8, 4) is 5.75 Å². The maximum absolute atomic E-state index is 13.1. The topological polar surface area (TPSA) is 26.3 Å². The molecule has 0 fully saturated rings. The van der Waals surface area contributed by atoms with Gasteiger partial charge in [0.05, 0.1) is 5.56 Å². The highest BCUT2D eigenvalue weighted by Gasteiger charge is 2.10. The summed E-state index contributed by atoms with van der Waals surface area (Å²) in [6.45, 7) is 2.15. The Kier molecular flexibility index (Phi) is 5.64. The summed E-state index contributed by atoms with van der Waals surface area (Å²) in [7, 11) is 0. The molecule has 0 amide bonds. The number of rotatable bonds is 6.